The first-order valence-corrected chi connectivity index (χ1v) is 8.44. The van der Waals surface area contributed by atoms with Gasteiger partial charge >= 0.3 is 6.18 Å². The van der Waals surface area contributed by atoms with Crippen molar-refractivity contribution in [1.29, 1.82) is 0 Å². The van der Waals surface area contributed by atoms with Crippen LogP contribution in [0.5, 0.6) is 5.75 Å². The normalized spacial score (nSPS) is 18.8. The fourth-order valence-electron chi connectivity index (χ4n) is 3.31. The number of fused-ring (bicyclic) bond motifs is 1. The molecule has 1 aliphatic heterocycles. The molecule has 1 heterocycles. The van der Waals surface area contributed by atoms with Gasteiger partial charge in [-0.15, -0.1) is 0 Å². The number of ether oxygens (including phenoxy) is 1. The van der Waals surface area contributed by atoms with E-state index in [0.29, 0.717) is 23.1 Å². The van der Waals surface area contributed by atoms with E-state index in [2.05, 4.69) is 5.43 Å². The molecule has 0 bridgehead atoms. The van der Waals surface area contributed by atoms with Crippen LogP contribution in [0.25, 0.3) is 10.8 Å². The van der Waals surface area contributed by atoms with Crippen molar-refractivity contribution in [2.75, 3.05) is 13.2 Å². The molecule has 7 heteroatoms. The summed E-state index contributed by atoms with van der Waals surface area (Å²) in [5, 5.41) is 2.07. The second kappa shape index (κ2) is 6.46. The third kappa shape index (κ3) is 3.23. The summed E-state index contributed by atoms with van der Waals surface area (Å²) in [6.07, 6.45) is -4.55. The minimum absolute atomic E-state index is 0.0302. The molecule has 0 aromatic heterocycles. The van der Waals surface area contributed by atoms with Gasteiger partial charge in [0.25, 0.3) is 0 Å². The highest BCUT2D eigenvalue weighted by atomic mass is 19.4. The predicted molar refractivity (Wildman–Crippen MR) is 92.5 cm³/mol. The third-order valence-electron chi connectivity index (χ3n) is 4.56. The molecule has 1 atom stereocenters. The van der Waals surface area contributed by atoms with Gasteiger partial charge in [0.05, 0.1) is 12.0 Å². The van der Waals surface area contributed by atoms with E-state index in [-0.39, 0.29) is 12.1 Å². The number of amides is 1. The zero-order valence-electron chi connectivity index (χ0n) is 14.9. The van der Waals surface area contributed by atoms with Gasteiger partial charge < -0.3 is 4.74 Å². The highest BCUT2D eigenvalue weighted by Gasteiger charge is 2.51. The Morgan fingerprint density at radius 3 is 2.38 bits per heavy atom. The van der Waals surface area contributed by atoms with Gasteiger partial charge in [-0.1, -0.05) is 30.3 Å². The van der Waals surface area contributed by atoms with E-state index in [9.17, 15) is 18.0 Å². The van der Waals surface area contributed by atoms with Crippen molar-refractivity contribution >= 4 is 16.7 Å². The zero-order valence-corrected chi connectivity index (χ0v) is 14.9. The molecule has 0 saturated carbocycles. The van der Waals surface area contributed by atoms with E-state index in [1.54, 1.807) is 44.2 Å². The summed E-state index contributed by atoms with van der Waals surface area (Å²) in [4.78, 5) is 12.0. The highest BCUT2D eigenvalue weighted by molar-refractivity contribution is 5.91. The van der Waals surface area contributed by atoms with E-state index in [1.165, 1.54) is 6.07 Å². The van der Waals surface area contributed by atoms with Gasteiger partial charge in [-0.2, -0.15) is 13.2 Å². The van der Waals surface area contributed by atoms with Crippen LogP contribution in [0.3, 0.4) is 0 Å². The molecule has 1 aliphatic rings. The van der Waals surface area contributed by atoms with Crippen molar-refractivity contribution in [3.05, 3.63) is 42.0 Å². The summed E-state index contributed by atoms with van der Waals surface area (Å²) < 4.78 is 47.5. The summed E-state index contributed by atoms with van der Waals surface area (Å²) in [6, 6.07) is 7.90. The van der Waals surface area contributed by atoms with Crippen LogP contribution >= 0.6 is 0 Å². The molecule has 26 heavy (non-hydrogen) atoms. The minimum Gasteiger partial charge on any atom is -0.493 e. The summed E-state index contributed by atoms with van der Waals surface area (Å²) in [5.41, 5.74) is 1.60. The SMILES string of the molecule is CCOc1ccc([C@H](N2CC(C)(C)C(=O)N2)C(F)(F)F)c2ccccc12. The van der Waals surface area contributed by atoms with Crippen LogP contribution in [0.15, 0.2) is 36.4 Å². The van der Waals surface area contributed by atoms with Crippen molar-refractivity contribution in [3.63, 3.8) is 0 Å². The maximum absolute atomic E-state index is 14.0. The van der Waals surface area contributed by atoms with Crippen molar-refractivity contribution in [1.82, 2.24) is 10.4 Å². The second-order valence-electron chi connectivity index (χ2n) is 7.03. The van der Waals surface area contributed by atoms with Crippen LogP contribution in [0.1, 0.15) is 32.4 Å². The number of nitrogens with one attached hydrogen (secondary N) is 1. The first-order valence-electron chi connectivity index (χ1n) is 8.44. The lowest BCUT2D eigenvalue weighted by molar-refractivity contribution is -0.191. The van der Waals surface area contributed by atoms with Crippen LogP contribution in [0.2, 0.25) is 0 Å². The number of benzene rings is 2. The van der Waals surface area contributed by atoms with E-state index >= 15 is 0 Å². The quantitative estimate of drug-likeness (QED) is 0.881. The van der Waals surface area contributed by atoms with Gasteiger partial charge in [0.1, 0.15) is 5.75 Å². The predicted octanol–water partition coefficient (Wildman–Crippen LogP) is 4.21. The fraction of sp³-hybridized carbons (Fsp3) is 0.421. The first-order chi connectivity index (χ1) is 12.1. The lowest BCUT2D eigenvalue weighted by Gasteiger charge is -2.31. The highest BCUT2D eigenvalue weighted by Crippen LogP contribution is 2.44. The van der Waals surface area contributed by atoms with Crippen molar-refractivity contribution in [2.45, 2.75) is 33.0 Å². The van der Waals surface area contributed by atoms with Crippen LogP contribution in [0, 0.1) is 5.41 Å². The van der Waals surface area contributed by atoms with Gasteiger partial charge in [-0.25, -0.2) is 5.01 Å². The van der Waals surface area contributed by atoms with Crippen LogP contribution in [0.4, 0.5) is 13.2 Å². The number of hydrogen-bond donors (Lipinski definition) is 1. The number of carbonyl (C=O) groups excluding carboxylic acids is 1. The van der Waals surface area contributed by atoms with E-state index in [0.717, 1.165) is 5.01 Å². The van der Waals surface area contributed by atoms with E-state index in [4.69, 9.17) is 4.74 Å². The third-order valence-corrected chi connectivity index (χ3v) is 4.56. The summed E-state index contributed by atoms with van der Waals surface area (Å²) in [6.45, 7) is 5.47. The lowest BCUT2D eigenvalue weighted by Crippen LogP contribution is -2.43. The molecule has 0 radical (unpaired) electrons. The largest absolute Gasteiger partial charge is 0.493 e. The Bertz CT molecular complexity index is 833. The first kappa shape index (κ1) is 18.5. The molecule has 4 nitrogen and oxygen atoms in total. The second-order valence-corrected chi connectivity index (χ2v) is 7.03. The average Bonchev–Trinajstić information content (AvgIpc) is 2.81. The summed E-state index contributed by atoms with van der Waals surface area (Å²) >= 11 is 0. The number of hydrogen-bond acceptors (Lipinski definition) is 3. The molecule has 1 fully saturated rings. The van der Waals surface area contributed by atoms with Gasteiger partial charge in [0.2, 0.25) is 5.91 Å². The molecule has 1 N–H and O–H groups in total. The van der Waals surface area contributed by atoms with Gasteiger partial charge in [-0.3, -0.25) is 10.2 Å². The number of rotatable bonds is 4. The van der Waals surface area contributed by atoms with E-state index in [1.807, 2.05) is 6.92 Å². The number of hydrazine groups is 1. The van der Waals surface area contributed by atoms with Gasteiger partial charge in [0.15, 0.2) is 6.04 Å². The topological polar surface area (TPSA) is 41.6 Å². The smallest absolute Gasteiger partial charge is 0.409 e. The van der Waals surface area contributed by atoms with Crippen LogP contribution in [-0.2, 0) is 4.79 Å². The maximum atomic E-state index is 14.0. The standard InChI is InChI=1S/C19H21F3N2O2/c1-4-26-15-10-9-14(12-7-5-6-8-13(12)15)16(19(20,21)22)24-11-18(2,3)17(25)23-24/h5-10,16H,4,11H2,1-3H3,(H,23,25)/t16-/m0/s1. The number of halogens is 3. The molecule has 2 aromatic carbocycles. The molecule has 0 spiro atoms. The van der Waals surface area contributed by atoms with Gasteiger partial charge in [-0.05, 0) is 37.8 Å². The van der Waals surface area contributed by atoms with Crippen LogP contribution < -0.4 is 10.2 Å². The van der Waals surface area contributed by atoms with Gasteiger partial charge in [0, 0.05) is 11.9 Å². The van der Waals surface area contributed by atoms with Crippen molar-refractivity contribution in [3.8, 4) is 5.75 Å². The molecule has 0 unspecified atom stereocenters. The molecule has 3 rings (SSSR count). The molecule has 2 aromatic rings. The molecular weight excluding hydrogens is 345 g/mol. The Kier molecular flexibility index (Phi) is 4.60. The molecule has 1 amide bonds. The van der Waals surface area contributed by atoms with Crippen molar-refractivity contribution < 1.29 is 22.7 Å². The van der Waals surface area contributed by atoms with E-state index < -0.39 is 23.5 Å². The van der Waals surface area contributed by atoms with Crippen LogP contribution in [-0.4, -0.2) is 30.2 Å². The molecular formula is C19H21F3N2O2. The maximum Gasteiger partial charge on any atom is 0.409 e. The Hall–Kier alpha value is -2.28. The Morgan fingerprint density at radius 2 is 1.85 bits per heavy atom. The fourth-order valence-corrected chi connectivity index (χ4v) is 3.31. The summed E-state index contributed by atoms with van der Waals surface area (Å²) in [7, 11) is 0. The average molecular weight is 366 g/mol. The molecule has 0 aliphatic carbocycles. The minimum atomic E-state index is -4.55. The Morgan fingerprint density at radius 1 is 1.19 bits per heavy atom. The Balaban J connectivity index is 2.15. The monoisotopic (exact) mass is 366 g/mol. The number of nitrogens with zero attached hydrogens (tertiary/aromatic N) is 1. The molecule has 1 saturated heterocycles. The summed E-state index contributed by atoms with van der Waals surface area (Å²) in [5.74, 6) is 0.126. The molecule has 140 valence electrons. The zero-order chi connectivity index (χ0) is 19.1. The Labute approximate surface area is 149 Å². The number of carbonyl (C=O) groups is 1. The lowest BCUT2D eigenvalue weighted by atomic mass is 9.93. The number of alkyl halides is 3. The van der Waals surface area contributed by atoms with Crippen molar-refractivity contribution in [2.24, 2.45) is 5.41 Å².